The number of rotatable bonds is 2. The van der Waals surface area contributed by atoms with Crippen LogP contribution in [0.15, 0.2) is 42.0 Å². The number of carbonyl (C=O) groups excluding carboxylic acids is 2. The van der Waals surface area contributed by atoms with Crippen LogP contribution < -0.4 is 0 Å². The van der Waals surface area contributed by atoms with Gasteiger partial charge in [-0.25, -0.2) is 0 Å². The third-order valence-corrected chi connectivity index (χ3v) is 3.42. The topological polar surface area (TPSA) is 115 Å². The van der Waals surface area contributed by atoms with Crippen molar-refractivity contribution >= 4 is 11.6 Å². The Morgan fingerprint density at radius 2 is 1.60 bits per heavy atom. The molecule has 106 valence electrons. The first-order valence-corrected chi connectivity index (χ1v) is 5.91. The highest BCUT2D eigenvalue weighted by molar-refractivity contribution is 6.15. The molecule has 1 aromatic rings. The molecule has 1 atom stereocenters. The van der Waals surface area contributed by atoms with Crippen LogP contribution in [0.4, 0.5) is 0 Å². The van der Waals surface area contributed by atoms with Crippen LogP contribution in [0, 0.1) is 5.92 Å². The lowest BCUT2D eigenvalue weighted by atomic mass is 9.77. The molecule has 6 heteroatoms. The van der Waals surface area contributed by atoms with Crippen molar-refractivity contribution in [3.63, 3.8) is 0 Å². The van der Waals surface area contributed by atoms with Gasteiger partial charge in [0.2, 0.25) is 11.6 Å². The number of carbonyl (C=O) groups is 2. The first-order valence-electron chi connectivity index (χ1n) is 5.91. The highest BCUT2D eigenvalue weighted by Gasteiger charge is 2.60. The van der Waals surface area contributed by atoms with Crippen LogP contribution in [-0.2, 0) is 4.79 Å². The summed E-state index contributed by atoms with van der Waals surface area (Å²) in [5.41, 5.74) is -0.0644. The summed E-state index contributed by atoms with van der Waals surface area (Å²) >= 11 is 0. The number of aliphatic hydroxyl groups is 4. The van der Waals surface area contributed by atoms with Crippen LogP contribution >= 0.6 is 0 Å². The van der Waals surface area contributed by atoms with Crippen LogP contribution in [0.5, 0.6) is 0 Å². The van der Waals surface area contributed by atoms with Crippen molar-refractivity contribution < 1.29 is 30.0 Å². The van der Waals surface area contributed by atoms with Crippen molar-refractivity contribution in [3.05, 3.63) is 47.5 Å². The van der Waals surface area contributed by atoms with E-state index in [1.165, 1.54) is 19.1 Å². The van der Waals surface area contributed by atoms with Gasteiger partial charge < -0.3 is 20.4 Å². The molecule has 0 heterocycles. The molecule has 4 N–H and O–H groups in total. The summed E-state index contributed by atoms with van der Waals surface area (Å²) in [7, 11) is 0. The second-order valence-corrected chi connectivity index (χ2v) is 4.77. The fraction of sp³-hybridized carbons (Fsp3) is 0.286. The zero-order valence-corrected chi connectivity index (χ0v) is 10.6. The molecule has 6 nitrogen and oxygen atoms in total. The van der Waals surface area contributed by atoms with E-state index in [0.717, 1.165) is 6.08 Å². The number of hydrogen-bond donors (Lipinski definition) is 4. The van der Waals surface area contributed by atoms with E-state index < -0.39 is 29.1 Å². The summed E-state index contributed by atoms with van der Waals surface area (Å²) in [6.45, 7) is 1.19. The van der Waals surface area contributed by atoms with Gasteiger partial charge in [-0.05, 0) is 12.5 Å². The Hall–Kier alpha value is -1.86. The lowest BCUT2D eigenvalue weighted by Crippen LogP contribution is -2.64. The van der Waals surface area contributed by atoms with E-state index in [4.69, 9.17) is 0 Å². The third-order valence-electron chi connectivity index (χ3n) is 3.42. The van der Waals surface area contributed by atoms with E-state index in [1.807, 2.05) is 0 Å². The van der Waals surface area contributed by atoms with Crippen molar-refractivity contribution in [3.8, 4) is 0 Å². The molecular weight excluding hydrogens is 264 g/mol. The van der Waals surface area contributed by atoms with Crippen LogP contribution in [0.3, 0.4) is 0 Å². The lowest BCUT2D eigenvalue weighted by molar-refractivity contribution is -0.321. The molecule has 1 unspecified atom stereocenters. The third kappa shape index (κ3) is 1.99. The van der Waals surface area contributed by atoms with Gasteiger partial charge in [-0.15, -0.1) is 0 Å². The number of ketones is 2. The van der Waals surface area contributed by atoms with Crippen molar-refractivity contribution in [2.45, 2.75) is 18.5 Å². The van der Waals surface area contributed by atoms with E-state index in [9.17, 15) is 30.0 Å². The highest BCUT2D eigenvalue weighted by Crippen LogP contribution is 2.35. The summed E-state index contributed by atoms with van der Waals surface area (Å²) in [4.78, 5) is 24.1. The molecule has 0 spiro atoms. The Bertz CT molecular complexity index is 585. The summed E-state index contributed by atoms with van der Waals surface area (Å²) in [6.07, 6.45) is 1.03. The van der Waals surface area contributed by atoms with Crippen molar-refractivity contribution in [2.24, 2.45) is 5.92 Å². The Morgan fingerprint density at radius 1 is 1.05 bits per heavy atom. The zero-order valence-electron chi connectivity index (χ0n) is 10.6. The van der Waals surface area contributed by atoms with E-state index in [2.05, 4.69) is 0 Å². The van der Waals surface area contributed by atoms with Gasteiger partial charge in [-0.2, -0.15) is 0 Å². The minimum Gasteiger partial charge on any atom is -0.358 e. The fourth-order valence-electron chi connectivity index (χ4n) is 2.08. The van der Waals surface area contributed by atoms with Gasteiger partial charge in [0.25, 0.3) is 5.79 Å². The monoisotopic (exact) mass is 278 g/mol. The van der Waals surface area contributed by atoms with Crippen LogP contribution in [0.25, 0.3) is 0 Å². The molecule has 0 aromatic heterocycles. The molecule has 20 heavy (non-hydrogen) atoms. The van der Waals surface area contributed by atoms with Gasteiger partial charge in [0, 0.05) is 5.56 Å². The fourth-order valence-corrected chi connectivity index (χ4v) is 2.08. The molecule has 0 fully saturated rings. The van der Waals surface area contributed by atoms with Gasteiger partial charge in [-0.1, -0.05) is 36.4 Å². The molecule has 0 bridgehead atoms. The lowest BCUT2D eigenvalue weighted by Gasteiger charge is -2.39. The Balaban J connectivity index is 2.47. The molecule has 0 saturated carbocycles. The summed E-state index contributed by atoms with van der Waals surface area (Å²) < 4.78 is 0. The van der Waals surface area contributed by atoms with Gasteiger partial charge >= 0.3 is 0 Å². The molecule has 1 aliphatic rings. The predicted molar refractivity (Wildman–Crippen MR) is 67.4 cm³/mol. The Kier molecular flexibility index (Phi) is 3.35. The minimum atomic E-state index is -3.43. The Morgan fingerprint density at radius 3 is 2.15 bits per heavy atom. The highest BCUT2D eigenvalue weighted by atomic mass is 16.6. The van der Waals surface area contributed by atoms with Crippen LogP contribution in [-0.4, -0.2) is 43.6 Å². The van der Waals surface area contributed by atoms with Crippen molar-refractivity contribution in [2.75, 3.05) is 0 Å². The number of benzene rings is 1. The first kappa shape index (κ1) is 14.5. The second kappa shape index (κ2) is 4.60. The molecule has 0 saturated heterocycles. The van der Waals surface area contributed by atoms with Crippen LogP contribution in [0.2, 0.25) is 0 Å². The average Bonchev–Trinajstić information content (AvgIpc) is 2.42. The molecule has 0 amide bonds. The summed E-state index contributed by atoms with van der Waals surface area (Å²) in [5.74, 6) is -10.0. The quantitative estimate of drug-likeness (QED) is 0.248. The maximum Gasteiger partial charge on any atom is 0.285 e. The minimum absolute atomic E-state index is 0.217. The van der Waals surface area contributed by atoms with E-state index in [1.54, 1.807) is 18.2 Å². The van der Waals surface area contributed by atoms with E-state index in [-0.39, 0.29) is 11.1 Å². The van der Waals surface area contributed by atoms with Gasteiger partial charge in [0.15, 0.2) is 5.78 Å². The van der Waals surface area contributed by atoms with Gasteiger partial charge in [-0.3, -0.25) is 9.59 Å². The zero-order chi connectivity index (χ0) is 15.1. The Labute approximate surface area is 114 Å². The van der Waals surface area contributed by atoms with E-state index >= 15 is 0 Å². The van der Waals surface area contributed by atoms with Crippen LogP contribution in [0.1, 0.15) is 17.3 Å². The van der Waals surface area contributed by atoms with Gasteiger partial charge in [0.1, 0.15) is 5.92 Å². The predicted octanol–water partition coefficient (Wildman–Crippen LogP) is -0.624. The normalized spacial score (nSPS) is 24.1. The standard InChI is InChI=1S/C14H14O6/c1-8-7-10(11(15)9-5-3-2-4-6-9)12(16)14(19,20)13(8,17)18/h2-7,10,17-20H,1H3. The summed E-state index contributed by atoms with van der Waals surface area (Å²) in [6, 6.07) is 7.86. The average molecular weight is 278 g/mol. The molecule has 0 radical (unpaired) electrons. The SMILES string of the molecule is CC1=CC(C(=O)c2ccccc2)C(=O)C(O)(O)C1(O)O. The number of hydrogen-bond acceptors (Lipinski definition) is 6. The molecular formula is C14H14O6. The number of allylic oxidation sites excluding steroid dienone is 1. The molecule has 0 aliphatic heterocycles. The largest absolute Gasteiger partial charge is 0.358 e. The molecule has 1 aromatic carbocycles. The van der Waals surface area contributed by atoms with Gasteiger partial charge in [0.05, 0.1) is 0 Å². The smallest absolute Gasteiger partial charge is 0.285 e. The second-order valence-electron chi connectivity index (χ2n) is 4.77. The molecule has 1 aliphatic carbocycles. The van der Waals surface area contributed by atoms with Crippen molar-refractivity contribution in [1.29, 1.82) is 0 Å². The van der Waals surface area contributed by atoms with E-state index in [0.29, 0.717) is 0 Å². The maximum absolute atomic E-state index is 12.2. The first-order chi connectivity index (χ1) is 9.19. The summed E-state index contributed by atoms with van der Waals surface area (Å²) in [5, 5.41) is 38.4. The number of Topliss-reactive ketones (excluding diaryl/α,β-unsaturated/α-hetero) is 2. The molecule has 2 rings (SSSR count). The van der Waals surface area contributed by atoms with Crippen molar-refractivity contribution in [1.82, 2.24) is 0 Å². The maximum atomic E-state index is 12.2.